The first-order valence-corrected chi connectivity index (χ1v) is 4.57. The average Bonchev–Trinajstić information content (AvgIpc) is 1.63. The summed E-state index contributed by atoms with van der Waals surface area (Å²) < 4.78 is 23.6. The van der Waals surface area contributed by atoms with Crippen LogP contribution in [0.5, 0.6) is 0 Å². The first-order valence-electron chi connectivity index (χ1n) is 1.80. The number of rotatable bonds is 3. The third-order valence-corrected chi connectivity index (χ3v) is 2.37. The van der Waals surface area contributed by atoms with E-state index in [4.69, 9.17) is 9.79 Å². The Bertz CT molecular complexity index is 174. The first kappa shape index (κ1) is 8.95. The number of hydrogen-bond acceptors (Lipinski definition) is 3. The average molecular weight is 171 g/mol. The molecular weight excluding hydrogens is 166 g/mol. The van der Waals surface area contributed by atoms with Gasteiger partial charge in [0.15, 0.2) is 0 Å². The molecule has 2 unspecified atom stereocenters. The Balaban J connectivity index is 4.03. The summed E-state index contributed by atoms with van der Waals surface area (Å²) in [6, 6.07) is 0. The summed E-state index contributed by atoms with van der Waals surface area (Å²) in [5.41, 5.74) is 0. The quantitative estimate of drug-likeness (QED) is 0.618. The highest BCUT2D eigenvalue weighted by atomic mass is 31.2. The van der Waals surface area contributed by atoms with Crippen molar-refractivity contribution in [1.82, 2.24) is 0 Å². The minimum Gasteiger partial charge on any atom is -0.319 e. The molecule has 0 rings (SSSR count). The zero-order chi connectivity index (χ0) is 7.49. The second-order valence-electron chi connectivity index (χ2n) is 1.07. The van der Waals surface area contributed by atoms with Crippen LogP contribution < -0.4 is 0 Å². The minimum absolute atomic E-state index is 0.580. The van der Waals surface area contributed by atoms with Crippen molar-refractivity contribution in [2.45, 2.75) is 0 Å². The Labute approximate surface area is 52.5 Å². The van der Waals surface area contributed by atoms with Gasteiger partial charge in [0.25, 0.3) is 0 Å². The lowest BCUT2D eigenvalue weighted by Gasteiger charge is -1.90. The molecule has 2 N–H and O–H groups in total. The predicted octanol–water partition coefficient (Wildman–Crippen LogP) is 0.982. The molecule has 0 heterocycles. The van der Waals surface area contributed by atoms with Gasteiger partial charge in [0.05, 0.1) is 0 Å². The molecule has 0 radical (unpaired) electrons. The molecule has 0 amide bonds. The van der Waals surface area contributed by atoms with E-state index in [1.54, 1.807) is 0 Å². The summed E-state index contributed by atoms with van der Waals surface area (Å²) in [4.78, 5) is 16.3. The van der Waals surface area contributed by atoms with Gasteiger partial charge in [-0.1, -0.05) is 6.58 Å². The van der Waals surface area contributed by atoms with Gasteiger partial charge in [-0.15, -0.1) is 4.89 Å². The SMILES string of the molecule is C=CP(=O)(O)O[P+](=O)O. The molecule has 7 heteroatoms. The monoisotopic (exact) mass is 171 g/mol. The van der Waals surface area contributed by atoms with Gasteiger partial charge in [-0.2, -0.15) is 0 Å². The maximum Gasteiger partial charge on any atom is 0.703 e. The van der Waals surface area contributed by atoms with Crippen LogP contribution in [0.4, 0.5) is 0 Å². The highest BCUT2D eigenvalue weighted by Crippen LogP contribution is 2.50. The zero-order valence-corrected chi connectivity index (χ0v) is 6.09. The molecule has 0 aromatic rings. The van der Waals surface area contributed by atoms with E-state index >= 15 is 0 Å². The molecule has 52 valence electrons. The van der Waals surface area contributed by atoms with Gasteiger partial charge in [0.2, 0.25) is 0 Å². The molecule has 0 aliphatic rings. The first-order chi connectivity index (χ1) is 3.98. The van der Waals surface area contributed by atoms with Crippen LogP contribution in [0, 0.1) is 0 Å². The second kappa shape index (κ2) is 3.20. The Kier molecular flexibility index (Phi) is 3.18. The molecule has 0 aliphatic heterocycles. The van der Waals surface area contributed by atoms with Crippen molar-refractivity contribution in [2.24, 2.45) is 0 Å². The maximum atomic E-state index is 10.3. The van der Waals surface area contributed by atoms with E-state index in [1.165, 1.54) is 0 Å². The van der Waals surface area contributed by atoms with Gasteiger partial charge < -0.3 is 4.89 Å². The van der Waals surface area contributed by atoms with Crippen molar-refractivity contribution in [3.05, 3.63) is 12.4 Å². The lowest BCUT2D eigenvalue weighted by molar-refractivity contribution is 0.359. The van der Waals surface area contributed by atoms with Crippen molar-refractivity contribution < 1.29 is 23.2 Å². The predicted molar refractivity (Wildman–Crippen MR) is 30.9 cm³/mol. The fourth-order valence-electron chi connectivity index (χ4n) is 0.133. The highest BCUT2D eigenvalue weighted by Gasteiger charge is 2.28. The Morgan fingerprint density at radius 2 is 2.22 bits per heavy atom. The van der Waals surface area contributed by atoms with Crippen LogP contribution >= 0.6 is 15.9 Å². The molecule has 2 atom stereocenters. The van der Waals surface area contributed by atoms with Crippen LogP contribution in [0.1, 0.15) is 0 Å². The largest absolute Gasteiger partial charge is 0.703 e. The summed E-state index contributed by atoms with van der Waals surface area (Å²) in [5.74, 6) is 0.580. The van der Waals surface area contributed by atoms with Crippen molar-refractivity contribution in [1.29, 1.82) is 0 Å². The van der Waals surface area contributed by atoms with E-state index in [2.05, 4.69) is 10.9 Å². The topological polar surface area (TPSA) is 83.8 Å². The van der Waals surface area contributed by atoms with Crippen LogP contribution in [0.3, 0.4) is 0 Å². The highest BCUT2D eigenvalue weighted by molar-refractivity contribution is 7.62. The van der Waals surface area contributed by atoms with Crippen LogP contribution in [0.15, 0.2) is 12.4 Å². The van der Waals surface area contributed by atoms with Crippen molar-refractivity contribution in [3.8, 4) is 0 Å². The molecule has 5 nitrogen and oxygen atoms in total. The third kappa shape index (κ3) is 4.45. The summed E-state index contributed by atoms with van der Waals surface area (Å²) in [5, 5.41) is 0. The third-order valence-electron chi connectivity index (χ3n) is 0.418. The molecule has 0 saturated heterocycles. The lowest BCUT2D eigenvalue weighted by atomic mass is 11.3. The van der Waals surface area contributed by atoms with E-state index in [9.17, 15) is 9.13 Å². The van der Waals surface area contributed by atoms with Gasteiger partial charge in [-0.3, -0.25) is 4.57 Å². The zero-order valence-electron chi connectivity index (χ0n) is 4.30. The van der Waals surface area contributed by atoms with Crippen LogP contribution in [0.2, 0.25) is 0 Å². The fourth-order valence-corrected chi connectivity index (χ4v) is 1.20. The van der Waals surface area contributed by atoms with Gasteiger partial charge in [0.1, 0.15) is 0 Å². The molecule has 0 aromatic carbocycles. The molecule has 0 aliphatic carbocycles. The lowest BCUT2D eigenvalue weighted by Crippen LogP contribution is -1.73. The van der Waals surface area contributed by atoms with E-state index < -0.39 is 15.9 Å². The van der Waals surface area contributed by atoms with E-state index in [-0.39, 0.29) is 0 Å². The maximum absolute atomic E-state index is 10.3. The minimum atomic E-state index is -4.00. The molecule has 0 saturated carbocycles. The molecule has 0 bridgehead atoms. The van der Waals surface area contributed by atoms with E-state index in [0.717, 1.165) is 0 Å². The number of hydrogen-bond donors (Lipinski definition) is 2. The van der Waals surface area contributed by atoms with E-state index in [1.807, 2.05) is 0 Å². The van der Waals surface area contributed by atoms with Crippen molar-refractivity contribution in [2.75, 3.05) is 0 Å². The van der Waals surface area contributed by atoms with Gasteiger partial charge in [0, 0.05) is 10.4 Å². The summed E-state index contributed by atoms with van der Waals surface area (Å²) in [7, 11) is -7.03. The Morgan fingerprint density at radius 3 is 2.33 bits per heavy atom. The summed E-state index contributed by atoms with van der Waals surface area (Å²) in [6.45, 7) is 2.91. The van der Waals surface area contributed by atoms with Crippen molar-refractivity contribution >= 4 is 15.9 Å². The van der Waals surface area contributed by atoms with Gasteiger partial charge in [-0.05, 0) is 4.31 Å². The molecular formula is C2H5O5P2+. The summed E-state index contributed by atoms with van der Waals surface area (Å²) in [6.07, 6.45) is 0. The Hall–Kier alpha value is -0.0500. The van der Waals surface area contributed by atoms with Crippen molar-refractivity contribution in [3.63, 3.8) is 0 Å². The Morgan fingerprint density at radius 1 is 1.78 bits per heavy atom. The second-order valence-corrected chi connectivity index (χ2v) is 3.69. The fraction of sp³-hybridized carbons (Fsp3) is 0. The molecule has 0 spiro atoms. The van der Waals surface area contributed by atoms with Gasteiger partial charge >= 0.3 is 15.9 Å². The molecule has 9 heavy (non-hydrogen) atoms. The van der Waals surface area contributed by atoms with Crippen LogP contribution in [0.25, 0.3) is 0 Å². The standard InChI is InChI=1S/C2H4O5P2/c1-2-9(5,6)7-8(3)4/h2H,1H2,(H-,3,4,5,6)/p+1. The smallest absolute Gasteiger partial charge is 0.319 e. The van der Waals surface area contributed by atoms with Crippen LogP contribution in [-0.2, 0) is 13.4 Å². The van der Waals surface area contributed by atoms with E-state index in [0.29, 0.717) is 5.82 Å². The van der Waals surface area contributed by atoms with Crippen LogP contribution in [-0.4, -0.2) is 9.79 Å². The van der Waals surface area contributed by atoms with Gasteiger partial charge in [-0.25, -0.2) is 0 Å². The molecule has 0 fully saturated rings. The summed E-state index contributed by atoms with van der Waals surface area (Å²) >= 11 is 0. The normalized spacial score (nSPS) is 18.2. The molecule has 0 aromatic heterocycles.